The first-order valence-electron chi connectivity index (χ1n) is 7.29. The number of fused-ring (bicyclic) bond motifs is 1. The van der Waals surface area contributed by atoms with Gasteiger partial charge in [0.15, 0.2) is 10.7 Å². The molecule has 1 atom stereocenters. The minimum atomic E-state index is -1.22. The van der Waals surface area contributed by atoms with Crippen molar-refractivity contribution in [3.8, 4) is 0 Å². The Morgan fingerprint density at radius 1 is 1.33 bits per heavy atom. The first kappa shape index (κ1) is 15.8. The number of hydrogen-bond donors (Lipinski definition) is 0. The molecule has 4 nitrogen and oxygen atoms in total. The topological polar surface area (TPSA) is 49.7 Å². The highest BCUT2D eigenvalue weighted by Gasteiger charge is 2.59. The second kappa shape index (κ2) is 5.42. The van der Waals surface area contributed by atoms with Crippen molar-refractivity contribution in [1.29, 1.82) is 0 Å². The Labute approximate surface area is 145 Å². The number of amides is 1. The molecular weight excluding hydrogens is 354 g/mol. The summed E-state index contributed by atoms with van der Waals surface area (Å²) in [5.74, 6) is -0.343. The zero-order valence-corrected chi connectivity index (χ0v) is 14.3. The molecule has 8 heteroatoms. The lowest BCUT2D eigenvalue weighted by molar-refractivity contribution is -0.137. The van der Waals surface area contributed by atoms with Crippen LogP contribution in [0.1, 0.15) is 18.9 Å². The third-order valence-electron chi connectivity index (χ3n) is 4.30. The fourth-order valence-corrected chi connectivity index (χ4v) is 6.02. The van der Waals surface area contributed by atoms with Crippen molar-refractivity contribution < 1.29 is 18.4 Å². The molecule has 124 valence electrons. The van der Waals surface area contributed by atoms with E-state index in [9.17, 15) is 18.4 Å². The molecule has 1 spiro atoms. The molecule has 0 saturated heterocycles. The van der Waals surface area contributed by atoms with Crippen molar-refractivity contribution in [3.05, 3.63) is 46.5 Å². The van der Waals surface area contributed by atoms with Crippen LogP contribution >= 0.6 is 23.5 Å². The summed E-state index contributed by atoms with van der Waals surface area (Å²) < 4.78 is 27.7. The van der Waals surface area contributed by atoms with Crippen LogP contribution in [0.5, 0.6) is 0 Å². The maximum atomic E-state index is 14.1. The number of nitrogens with zero attached hydrogens (tertiary/aromatic N) is 2. The van der Waals surface area contributed by atoms with E-state index in [0.717, 1.165) is 51.9 Å². The highest BCUT2D eigenvalue weighted by atomic mass is 32.2. The molecule has 2 heterocycles. The highest BCUT2D eigenvalue weighted by Crippen LogP contribution is 2.54. The number of ketones is 1. The van der Waals surface area contributed by atoms with E-state index >= 15 is 0 Å². The predicted molar refractivity (Wildman–Crippen MR) is 89.7 cm³/mol. The summed E-state index contributed by atoms with van der Waals surface area (Å²) in [5.41, 5.74) is 1.88. The summed E-state index contributed by atoms with van der Waals surface area (Å²) in [5, 5.41) is 5.50. The summed E-state index contributed by atoms with van der Waals surface area (Å²) >= 11 is 2.73. The molecule has 0 bridgehead atoms. The lowest BCUT2D eigenvalue weighted by Crippen LogP contribution is -2.48. The van der Waals surface area contributed by atoms with Gasteiger partial charge in [-0.2, -0.15) is 16.9 Å². The second-order valence-electron chi connectivity index (χ2n) is 5.78. The quantitative estimate of drug-likeness (QED) is 0.717. The maximum Gasteiger partial charge on any atom is 0.241 e. The van der Waals surface area contributed by atoms with Gasteiger partial charge in [-0.05, 0) is 29.3 Å². The van der Waals surface area contributed by atoms with E-state index in [0.29, 0.717) is 5.75 Å². The Hall–Kier alpha value is -1.67. The van der Waals surface area contributed by atoms with E-state index in [4.69, 9.17) is 0 Å². The number of hydrogen-bond acceptors (Lipinski definition) is 5. The van der Waals surface area contributed by atoms with Crippen LogP contribution in [-0.4, -0.2) is 38.1 Å². The van der Waals surface area contributed by atoms with Crippen molar-refractivity contribution in [1.82, 2.24) is 5.01 Å². The van der Waals surface area contributed by atoms with E-state index in [2.05, 4.69) is 5.10 Å². The van der Waals surface area contributed by atoms with E-state index in [1.807, 2.05) is 0 Å². The molecule has 0 radical (unpaired) electrons. The fourth-order valence-electron chi connectivity index (χ4n) is 3.23. The number of rotatable bonds is 1. The van der Waals surface area contributed by atoms with Crippen molar-refractivity contribution in [2.75, 3.05) is 11.5 Å². The number of carbonyl (C=O) groups is 2. The zero-order chi connectivity index (χ0) is 17.1. The molecule has 3 aliphatic rings. The van der Waals surface area contributed by atoms with Crippen LogP contribution in [0.3, 0.4) is 0 Å². The minimum Gasteiger partial charge on any atom is -0.295 e. The third kappa shape index (κ3) is 2.09. The Morgan fingerprint density at radius 3 is 2.88 bits per heavy atom. The molecule has 24 heavy (non-hydrogen) atoms. The van der Waals surface area contributed by atoms with Gasteiger partial charge in [0.25, 0.3) is 0 Å². The molecule has 1 aromatic carbocycles. The van der Waals surface area contributed by atoms with Crippen LogP contribution in [0.2, 0.25) is 0 Å². The van der Waals surface area contributed by atoms with Gasteiger partial charge in [-0.15, -0.1) is 0 Å². The van der Waals surface area contributed by atoms with Crippen LogP contribution in [0.25, 0.3) is 0 Å². The summed E-state index contributed by atoms with van der Waals surface area (Å²) in [7, 11) is 0. The van der Waals surface area contributed by atoms with Crippen LogP contribution in [-0.2, 0) is 9.59 Å². The van der Waals surface area contributed by atoms with Crippen LogP contribution < -0.4 is 0 Å². The molecule has 0 fully saturated rings. The number of thioether (sulfide) groups is 2. The van der Waals surface area contributed by atoms with E-state index in [1.54, 1.807) is 11.8 Å². The Balaban J connectivity index is 1.84. The Morgan fingerprint density at radius 2 is 2.12 bits per heavy atom. The molecule has 1 aliphatic carbocycles. The van der Waals surface area contributed by atoms with Crippen LogP contribution in [0.4, 0.5) is 8.78 Å². The zero-order valence-electron chi connectivity index (χ0n) is 12.6. The van der Waals surface area contributed by atoms with Gasteiger partial charge in [0.2, 0.25) is 5.91 Å². The largest absolute Gasteiger partial charge is 0.295 e. The molecule has 1 unspecified atom stereocenters. The van der Waals surface area contributed by atoms with Gasteiger partial charge in [0.05, 0.1) is 0 Å². The first-order valence-corrected chi connectivity index (χ1v) is 9.27. The number of carbonyl (C=O) groups excluding carboxylic acids is 2. The van der Waals surface area contributed by atoms with Gasteiger partial charge in [-0.1, -0.05) is 11.8 Å². The second-order valence-corrected chi connectivity index (χ2v) is 7.95. The molecule has 4 rings (SSSR count). The monoisotopic (exact) mass is 366 g/mol. The lowest BCUT2D eigenvalue weighted by Gasteiger charge is -2.31. The molecule has 1 amide bonds. The van der Waals surface area contributed by atoms with Crippen molar-refractivity contribution in [2.45, 2.75) is 18.2 Å². The Bertz CT molecular complexity index is 852. The van der Waals surface area contributed by atoms with Gasteiger partial charge in [0, 0.05) is 30.4 Å². The highest BCUT2D eigenvalue weighted by molar-refractivity contribution is 8.16. The summed E-state index contributed by atoms with van der Waals surface area (Å²) in [4.78, 5) is 23.7. The van der Waals surface area contributed by atoms with Crippen LogP contribution in [0, 0.1) is 11.6 Å². The van der Waals surface area contributed by atoms with Gasteiger partial charge < -0.3 is 0 Å². The average molecular weight is 366 g/mol. The SMILES string of the molecule is CC(=O)N1N=C(c2cc(F)ccc2F)SC12C(=O)CC1=C2CSC1. The van der Waals surface area contributed by atoms with Gasteiger partial charge in [0.1, 0.15) is 16.7 Å². The van der Waals surface area contributed by atoms with Gasteiger partial charge in [-0.3, -0.25) is 9.59 Å². The third-order valence-corrected chi connectivity index (χ3v) is 6.78. The number of benzene rings is 1. The minimum absolute atomic E-state index is 0.0318. The number of Topliss-reactive ketones (excluding diaryl/α,β-unsaturated/α-hetero) is 1. The molecule has 0 N–H and O–H groups in total. The first-order chi connectivity index (χ1) is 11.4. The van der Waals surface area contributed by atoms with Crippen LogP contribution in [0.15, 0.2) is 34.4 Å². The van der Waals surface area contributed by atoms with E-state index in [-0.39, 0.29) is 22.8 Å². The molecule has 0 aromatic heterocycles. The summed E-state index contributed by atoms with van der Waals surface area (Å²) in [6.07, 6.45) is 0.285. The normalized spacial score (nSPS) is 25.7. The molecule has 1 aromatic rings. The van der Waals surface area contributed by atoms with E-state index < -0.39 is 22.4 Å². The number of hydrazone groups is 1. The summed E-state index contributed by atoms with van der Waals surface area (Å²) in [6, 6.07) is 3.08. The predicted octanol–water partition coefficient (Wildman–Crippen LogP) is 2.93. The van der Waals surface area contributed by atoms with Crippen molar-refractivity contribution in [2.24, 2.45) is 5.10 Å². The fraction of sp³-hybridized carbons (Fsp3) is 0.312. The summed E-state index contributed by atoms with van der Waals surface area (Å²) in [6.45, 7) is 1.32. The van der Waals surface area contributed by atoms with E-state index in [1.165, 1.54) is 6.92 Å². The molecule has 0 saturated carbocycles. The Kier molecular flexibility index (Phi) is 3.58. The molecular formula is C16H12F2N2O2S2. The smallest absolute Gasteiger partial charge is 0.241 e. The van der Waals surface area contributed by atoms with Gasteiger partial charge >= 0.3 is 0 Å². The standard InChI is InChI=1S/C16H12F2N2O2S2/c1-8(21)20-16(12-7-23-6-9(12)4-14(16)22)24-15(19-20)11-5-10(17)2-3-13(11)18/h2-3,5H,4,6-7H2,1H3. The van der Waals surface area contributed by atoms with Gasteiger partial charge in [-0.25, -0.2) is 13.8 Å². The average Bonchev–Trinajstić information content (AvgIpc) is 3.19. The maximum absolute atomic E-state index is 14.1. The van der Waals surface area contributed by atoms with Crippen molar-refractivity contribution >= 4 is 40.3 Å². The number of halogens is 2. The lowest BCUT2D eigenvalue weighted by atomic mass is 10.1. The molecule has 2 aliphatic heterocycles. The van der Waals surface area contributed by atoms with Crippen molar-refractivity contribution in [3.63, 3.8) is 0 Å².